The Kier molecular flexibility index (Phi) is 10.8. The second-order valence-corrected chi connectivity index (χ2v) is 13.0. The number of halogens is 6. The van der Waals surface area contributed by atoms with Gasteiger partial charge < -0.3 is 15.3 Å². The SMILES string of the molecule is CCCC1=C([C@H](O)CC/C(=C/c2ccc(O)c3ccccc23)CCC)[C@H](CO)[C@@H]2C(=O)N(c3cc(C(F)(F)F)cc(C(F)(F)F)c3)C(=O)[C@@H]2C1. The maximum atomic E-state index is 13.9. The number of amides is 2. The minimum atomic E-state index is -5.18. The summed E-state index contributed by atoms with van der Waals surface area (Å²) < 4.78 is 81.9. The molecule has 0 spiro atoms. The molecule has 12 heteroatoms. The molecule has 1 aliphatic carbocycles. The molecule has 0 saturated carbocycles. The van der Waals surface area contributed by atoms with Crippen molar-refractivity contribution < 1.29 is 51.3 Å². The van der Waals surface area contributed by atoms with Crippen molar-refractivity contribution in [2.24, 2.45) is 17.8 Å². The molecule has 5 rings (SSSR count). The Labute approximate surface area is 285 Å². The zero-order chi connectivity index (χ0) is 36.5. The van der Waals surface area contributed by atoms with Gasteiger partial charge in [0.05, 0.1) is 41.4 Å². The molecule has 3 aromatic rings. The summed E-state index contributed by atoms with van der Waals surface area (Å²) in [6.07, 6.45) is -6.38. The lowest BCUT2D eigenvalue weighted by Gasteiger charge is -2.36. The van der Waals surface area contributed by atoms with Gasteiger partial charge in [0.25, 0.3) is 0 Å². The van der Waals surface area contributed by atoms with Gasteiger partial charge in [0.15, 0.2) is 0 Å². The average molecular weight is 704 g/mol. The second kappa shape index (κ2) is 14.6. The topological polar surface area (TPSA) is 98.1 Å². The zero-order valence-corrected chi connectivity index (χ0v) is 27.6. The minimum Gasteiger partial charge on any atom is -0.507 e. The third kappa shape index (κ3) is 7.32. The van der Waals surface area contributed by atoms with Crippen LogP contribution in [-0.4, -0.2) is 39.8 Å². The fourth-order valence-corrected chi connectivity index (χ4v) is 7.54. The molecule has 4 atom stereocenters. The number of aliphatic hydroxyl groups excluding tert-OH is 2. The molecule has 1 heterocycles. The van der Waals surface area contributed by atoms with E-state index in [0.717, 1.165) is 22.9 Å². The van der Waals surface area contributed by atoms with Crippen molar-refractivity contribution in [2.75, 3.05) is 11.5 Å². The summed E-state index contributed by atoms with van der Waals surface area (Å²) in [5.74, 6) is -5.28. The van der Waals surface area contributed by atoms with Crippen LogP contribution >= 0.6 is 0 Å². The Hall–Kier alpha value is -4.16. The first-order valence-corrected chi connectivity index (χ1v) is 16.7. The highest BCUT2D eigenvalue weighted by atomic mass is 19.4. The molecule has 6 nitrogen and oxygen atoms in total. The van der Waals surface area contributed by atoms with Gasteiger partial charge in [-0.3, -0.25) is 9.59 Å². The number of hydrogen-bond acceptors (Lipinski definition) is 5. The quantitative estimate of drug-likeness (QED) is 0.105. The summed E-state index contributed by atoms with van der Waals surface area (Å²) in [6.45, 7) is 3.22. The smallest absolute Gasteiger partial charge is 0.416 e. The molecule has 1 fully saturated rings. The highest BCUT2D eigenvalue weighted by Gasteiger charge is 2.55. The van der Waals surface area contributed by atoms with Crippen LogP contribution in [0.25, 0.3) is 16.8 Å². The van der Waals surface area contributed by atoms with Crippen molar-refractivity contribution in [1.82, 2.24) is 0 Å². The van der Waals surface area contributed by atoms with Crippen molar-refractivity contribution in [1.29, 1.82) is 0 Å². The molecule has 0 radical (unpaired) electrons. The van der Waals surface area contributed by atoms with Gasteiger partial charge in [0, 0.05) is 11.3 Å². The zero-order valence-electron chi connectivity index (χ0n) is 27.6. The van der Waals surface area contributed by atoms with Gasteiger partial charge in [0.2, 0.25) is 11.8 Å². The number of imide groups is 1. The van der Waals surface area contributed by atoms with E-state index in [0.29, 0.717) is 59.2 Å². The van der Waals surface area contributed by atoms with Gasteiger partial charge in [-0.1, -0.05) is 74.2 Å². The number of nitrogens with zero attached hydrogens (tertiary/aromatic N) is 1. The molecule has 0 unspecified atom stereocenters. The minimum absolute atomic E-state index is 0.0231. The number of aliphatic hydroxyl groups is 2. The lowest BCUT2D eigenvalue weighted by molar-refractivity contribution is -0.143. The summed E-state index contributed by atoms with van der Waals surface area (Å²) in [7, 11) is 0. The van der Waals surface area contributed by atoms with Gasteiger partial charge >= 0.3 is 12.4 Å². The van der Waals surface area contributed by atoms with Crippen molar-refractivity contribution in [3.05, 3.63) is 88.0 Å². The molecule has 0 aromatic heterocycles. The van der Waals surface area contributed by atoms with Gasteiger partial charge in [-0.25, -0.2) is 4.90 Å². The van der Waals surface area contributed by atoms with Crippen LogP contribution in [-0.2, 0) is 21.9 Å². The number of fused-ring (bicyclic) bond motifs is 2. The van der Waals surface area contributed by atoms with E-state index in [-0.39, 0.29) is 24.7 Å². The van der Waals surface area contributed by atoms with Crippen LogP contribution in [0.2, 0.25) is 0 Å². The standard InChI is InChI=1S/C38H39F6NO5/c1-3-7-21(15-22-12-14-31(47)28-10-6-5-9-27(22)28)11-13-32(48)33-23(8-4-2)16-29-34(30(33)20-46)36(50)45(35(29)49)26-18-24(37(39,40)41)17-25(19-26)38(42,43)44/h5-6,9-10,12,14-15,17-19,29-30,32,34,46-48H,3-4,7-8,11,13,16,20H2,1-2H3/b21-15+/t29-,30+,32-,34-/m1/s1. The first kappa shape index (κ1) is 37.1. The maximum absolute atomic E-state index is 13.9. The molecule has 50 heavy (non-hydrogen) atoms. The number of rotatable bonds is 11. The Morgan fingerprint density at radius 3 is 2.12 bits per heavy atom. The van der Waals surface area contributed by atoms with Crippen LogP contribution < -0.4 is 4.90 Å². The van der Waals surface area contributed by atoms with Crippen LogP contribution in [0.3, 0.4) is 0 Å². The lowest BCUT2D eigenvalue weighted by Crippen LogP contribution is -2.39. The third-order valence-corrected chi connectivity index (χ3v) is 9.73. The molecule has 2 aliphatic rings. The Morgan fingerprint density at radius 2 is 1.54 bits per heavy atom. The number of aromatic hydroxyl groups is 1. The predicted molar refractivity (Wildman–Crippen MR) is 177 cm³/mol. The van der Waals surface area contributed by atoms with E-state index in [4.69, 9.17) is 0 Å². The molecule has 1 aliphatic heterocycles. The summed E-state index contributed by atoms with van der Waals surface area (Å²) in [5, 5.41) is 34.2. The molecular formula is C38H39F6NO5. The largest absolute Gasteiger partial charge is 0.507 e. The third-order valence-electron chi connectivity index (χ3n) is 9.73. The Bertz CT molecular complexity index is 1800. The van der Waals surface area contributed by atoms with E-state index >= 15 is 0 Å². The van der Waals surface area contributed by atoms with Gasteiger partial charge in [-0.05, 0) is 72.9 Å². The van der Waals surface area contributed by atoms with Gasteiger partial charge in [0.1, 0.15) is 5.75 Å². The normalized spacial score (nSPS) is 21.0. The van der Waals surface area contributed by atoms with E-state index in [1.54, 1.807) is 6.07 Å². The molecule has 0 bridgehead atoms. The van der Waals surface area contributed by atoms with Gasteiger partial charge in [-0.2, -0.15) is 26.3 Å². The van der Waals surface area contributed by atoms with Crippen LogP contribution in [0, 0.1) is 17.8 Å². The van der Waals surface area contributed by atoms with Crippen LogP contribution in [0.1, 0.15) is 75.5 Å². The van der Waals surface area contributed by atoms with Crippen molar-refractivity contribution in [2.45, 2.75) is 77.2 Å². The van der Waals surface area contributed by atoms with E-state index in [1.165, 1.54) is 0 Å². The van der Waals surface area contributed by atoms with Crippen molar-refractivity contribution in [3.63, 3.8) is 0 Å². The van der Waals surface area contributed by atoms with Crippen molar-refractivity contribution in [3.8, 4) is 5.75 Å². The van der Waals surface area contributed by atoms with Gasteiger partial charge in [-0.15, -0.1) is 0 Å². The molecule has 3 N–H and O–H groups in total. The average Bonchev–Trinajstić information content (AvgIpc) is 3.31. The van der Waals surface area contributed by atoms with Crippen molar-refractivity contribution >= 4 is 34.4 Å². The number of benzene rings is 3. The number of phenols is 1. The number of phenolic OH excluding ortho intramolecular Hbond substituents is 1. The second-order valence-electron chi connectivity index (χ2n) is 13.0. The van der Waals surface area contributed by atoms with Crippen LogP contribution in [0.15, 0.2) is 71.3 Å². The number of alkyl halides is 6. The highest BCUT2D eigenvalue weighted by Crippen LogP contribution is 2.49. The van der Waals surface area contributed by atoms with Crippen LogP contribution in [0.5, 0.6) is 5.75 Å². The molecule has 3 aromatic carbocycles. The first-order valence-electron chi connectivity index (χ1n) is 16.7. The van der Waals surface area contributed by atoms with E-state index in [2.05, 4.69) is 0 Å². The molecule has 268 valence electrons. The molecule has 1 saturated heterocycles. The van der Waals surface area contributed by atoms with E-state index in [9.17, 15) is 51.3 Å². The number of carbonyl (C=O) groups is 2. The number of hydrogen-bond donors (Lipinski definition) is 3. The fraction of sp³-hybridized carbons (Fsp3) is 0.421. The maximum Gasteiger partial charge on any atom is 0.416 e. The predicted octanol–water partition coefficient (Wildman–Crippen LogP) is 8.82. The van der Waals surface area contributed by atoms with E-state index in [1.807, 2.05) is 50.3 Å². The monoisotopic (exact) mass is 703 g/mol. The summed E-state index contributed by atoms with van der Waals surface area (Å²) >= 11 is 0. The summed E-state index contributed by atoms with van der Waals surface area (Å²) in [5.41, 5.74) is -1.23. The van der Waals surface area contributed by atoms with E-state index < -0.39 is 71.4 Å². The molecular weight excluding hydrogens is 664 g/mol. The lowest BCUT2D eigenvalue weighted by atomic mass is 9.67. The molecule has 2 amide bonds. The van der Waals surface area contributed by atoms with Crippen LogP contribution in [0.4, 0.5) is 32.0 Å². The number of anilines is 1. The highest BCUT2D eigenvalue weighted by molar-refractivity contribution is 6.22. The summed E-state index contributed by atoms with van der Waals surface area (Å²) in [6, 6.07) is 11.5. The number of allylic oxidation sites excluding steroid dienone is 2. The first-order chi connectivity index (χ1) is 23.6. The Balaban J connectivity index is 1.47. The number of carbonyl (C=O) groups excluding carboxylic acids is 2. The fourth-order valence-electron chi connectivity index (χ4n) is 7.54. The summed E-state index contributed by atoms with van der Waals surface area (Å²) in [4.78, 5) is 27.9. The Morgan fingerprint density at radius 1 is 0.900 bits per heavy atom.